The molecule has 2 aromatic heterocycles. The Morgan fingerprint density at radius 3 is 2.87 bits per heavy atom. The largest absolute Gasteiger partial charge is 0.306 e. The quantitative estimate of drug-likeness (QED) is 0.847. The fourth-order valence-corrected chi connectivity index (χ4v) is 2.12. The Bertz CT molecular complexity index is 423. The lowest BCUT2D eigenvalue weighted by Gasteiger charge is -2.19. The van der Waals surface area contributed by atoms with Gasteiger partial charge in [0, 0.05) is 18.3 Å². The Kier molecular flexibility index (Phi) is 2.71. The van der Waals surface area contributed by atoms with Crippen LogP contribution in [0.1, 0.15) is 25.8 Å². The molecule has 0 atom stereocenters. The average Bonchev–Trinajstić information content (AvgIpc) is 2.56. The van der Waals surface area contributed by atoms with Crippen molar-refractivity contribution in [2.24, 2.45) is 0 Å². The van der Waals surface area contributed by atoms with Crippen molar-refractivity contribution in [1.82, 2.24) is 15.3 Å². The lowest BCUT2D eigenvalue weighted by molar-refractivity contribution is 0.424. The molecule has 0 aromatic carbocycles. The second kappa shape index (κ2) is 3.87. The number of fused-ring (bicyclic) bond motifs is 1. The molecular weight excluding hydrogens is 206 g/mol. The Morgan fingerprint density at radius 1 is 1.40 bits per heavy atom. The smallest absolute Gasteiger partial charge is 0.108 e. The van der Waals surface area contributed by atoms with Gasteiger partial charge in [0.15, 0.2) is 0 Å². The number of hydrogen-bond donors (Lipinski definition) is 1. The third-order valence-corrected chi connectivity index (χ3v) is 3.04. The van der Waals surface area contributed by atoms with Crippen molar-refractivity contribution in [3.8, 4) is 0 Å². The standard InChI is InChI=1S/C11H15N3S/c1-11(2,3)13-7-10-14-8-6-12-5-4-9(8)15-10/h4-6,13H,7H2,1-3H3. The first kappa shape index (κ1) is 10.5. The van der Waals surface area contributed by atoms with Gasteiger partial charge in [-0.3, -0.25) is 4.98 Å². The first-order valence-corrected chi connectivity index (χ1v) is 5.81. The fourth-order valence-electron chi connectivity index (χ4n) is 1.24. The molecule has 2 rings (SSSR count). The summed E-state index contributed by atoms with van der Waals surface area (Å²) < 4.78 is 1.20. The van der Waals surface area contributed by atoms with E-state index in [0.717, 1.165) is 17.1 Å². The zero-order valence-corrected chi connectivity index (χ0v) is 10.1. The number of nitrogens with one attached hydrogen (secondary N) is 1. The normalized spacial score (nSPS) is 12.2. The van der Waals surface area contributed by atoms with E-state index in [1.165, 1.54) is 4.70 Å². The highest BCUT2D eigenvalue weighted by Crippen LogP contribution is 2.20. The summed E-state index contributed by atoms with van der Waals surface area (Å²) in [7, 11) is 0. The zero-order valence-electron chi connectivity index (χ0n) is 9.24. The van der Waals surface area contributed by atoms with Gasteiger partial charge in [0.1, 0.15) is 5.01 Å². The van der Waals surface area contributed by atoms with Crippen LogP contribution < -0.4 is 5.32 Å². The zero-order chi connectivity index (χ0) is 10.9. The van der Waals surface area contributed by atoms with E-state index in [0.29, 0.717) is 0 Å². The SMILES string of the molecule is CC(C)(C)NCc1nc2cnccc2s1. The molecule has 2 heterocycles. The Balaban J connectivity index is 2.16. The van der Waals surface area contributed by atoms with E-state index in [-0.39, 0.29) is 5.54 Å². The highest BCUT2D eigenvalue weighted by molar-refractivity contribution is 7.18. The Hall–Kier alpha value is -1.00. The number of thiazole rings is 1. The molecule has 0 radical (unpaired) electrons. The third kappa shape index (κ3) is 2.73. The van der Waals surface area contributed by atoms with E-state index in [2.05, 4.69) is 36.1 Å². The van der Waals surface area contributed by atoms with Crippen LogP contribution in [0, 0.1) is 0 Å². The monoisotopic (exact) mass is 221 g/mol. The molecule has 0 fully saturated rings. The predicted molar refractivity (Wildman–Crippen MR) is 64.0 cm³/mol. The summed E-state index contributed by atoms with van der Waals surface area (Å²) in [6.07, 6.45) is 3.62. The molecule has 0 unspecified atom stereocenters. The number of rotatable bonds is 2. The van der Waals surface area contributed by atoms with Crippen LogP contribution in [-0.4, -0.2) is 15.5 Å². The summed E-state index contributed by atoms with van der Waals surface area (Å²) in [4.78, 5) is 8.57. The molecule has 0 aliphatic heterocycles. The first-order valence-electron chi connectivity index (χ1n) is 4.99. The van der Waals surface area contributed by atoms with Crippen molar-refractivity contribution < 1.29 is 0 Å². The van der Waals surface area contributed by atoms with Crippen molar-refractivity contribution in [1.29, 1.82) is 0 Å². The average molecular weight is 221 g/mol. The van der Waals surface area contributed by atoms with E-state index in [1.54, 1.807) is 11.3 Å². The van der Waals surface area contributed by atoms with Gasteiger partial charge in [-0.1, -0.05) is 0 Å². The summed E-state index contributed by atoms with van der Waals surface area (Å²) in [5, 5.41) is 4.55. The van der Waals surface area contributed by atoms with Crippen LogP contribution in [-0.2, 0) is 6.54 Å². The van der Waals surface area contributed by atoms with Gasteiger partial charge < -0.3 is 5.32 Å². The van der Waals surface area contributed by atoms with Crippen LogP contribution in [0.2, 0.25) is 0 Å². The van der Waals surface area contributed by atoms with Crippen LogP contribution in [0.25, 0.3) is 10.2 Å². The van der Waals surface area contributed by atoms with Crippen molar-refractivity contribution in [2.75, 3.05) is 0 Å². The van der Waals surface area contributed by atoms with Gasteiger partial charge in [0.2, 0.25) is 0 Å². The maximum atomic E-state index is 4.51. The van der Waals surface area contributed by atoms with Crippen molar-refractivity contribution in [2.45, 2.75) is 32.9 Å². The fraction of sp³-hybridized carbons (Fsp3) is 0.455. The molecule has 3 nitrogen and oxygen atoms in total. The Labute approximate surface area is 93.6 Å². The molecular formula is C11H15N3S. The Morgan fingerprint density at radius 2 is 2.20 bits per heavy atom. The van der Waals surface area contributed by atoms with Crippen LogP contribution in [0.3, 0.4) is 0 Å². The van der Waals surface area contributed by atoms with Crippen molar-refractivity contribution in [3.63, 3.8) is 0 Å². The summed E-state index contributed by atoms with van der Waals surface area (Å²) >= 11 is 1.72. The molecule has 15 heavy (non-hydrogen) atoms. The number of hydrogen-bond acceptors (Lipinski definition) is 4. The summed E-state index contributed by atoms with van der Waals surface area (Å²) in [6, 6.07) is 2.01. The van der Waals surface area contributed by atoms with Crippen molar-refractivity contribution >= 4 is 21.6 Å². The minimum absolute atomic E-state index is 0.135. The molecule has 0 bridgehead atoms. The highest BCUT2D eigenvalue weighted by Gasteiger charge is 2.10. The molecule has 0 aliphatic rings. The summed E-state index contributed by atoms with van der Waals surface area (Å²) in [5.74, 6) is 0. The van der Waals surface area contributed by atoms with Gasteiger partial charge in [0.05, 0.1) is 16.4 Å². The lowest BCUT2D eigenvalue weighted by Crippen LogP contribution is -2.34. The van der Waals surface area contributed by atoms with E-state index in [1.807, 2.05) is 18.5 Å². The lowest BCUT2D eigenvalue weighted by atomic mass is 10.1. The molecule has 0 saturated heterocycles. The van der Waals surface area contributed by atoms with Gasteiger partial charge in [0.25, 0.3) is 0 Å². The maximum absolute atomic E-state index is 4.51. The third-order valence-electron chi connectivity index (χ3n) is 2.00. The topological polar surface area (TPSA) is 37.8 Å². The second-order valence-corrected chi connectivity index (χ2v) is 5.67. The van der Waals surface area contributed by atoms with Gasteiger partial charge in [-0.05, 0) is 26.8 Å². The van der Waals surface area contributed by atoms with Crippen LogP contribution >= 0.6 is 11.3 Å². The minimum Gasteiger partial charge on any atom is -0.306 e. The van der Waals surface area contributed by atoms with Crippen LogP contribution in [0.5, 0.6) is 0 Å². The number of nitrogens with zero attached hydrogens (tertiary/aromatic N) is 2. The molecule has 0 amide bonds. The molecule has 0 spiro atoms. The molecule has 4 heteroatoms. The summed E-state index contributed by atoms with van der Waals surface area (Å²) in [5.41, 5.74) is 1.13. The van der Waals surface area contributed by atoms with Gasteiger partial charge in [-0.25, -0.2) is 4.98 Å². The van der Waals surface area contributed by atoms with Crippen LogP contribution in [0.4, 0.5) is 0 Å². The maximum Gasteiger partial charge on any atom is 0.108 e. The molecule has 0 saturated carbocycles. The van der Waals surface area contributed by atoms with E-state index < -0.39 is 0 Å². The predicted octanol–water partition coefficient (Wildman–Crippen LogP) is 2.58. The summed E-state index contributed by atoms with van der Waals surface area (Å²) in [6.45, 7) is 7.29. The van der Waals surface area contributed by atoms with Gasteiger partial charge in [-0.15, -0.1) is 11.3 Å². The van der Waals surface area contributed by atoms with Crippen LogP contribution in [0.15, 0.2) is 18.5 Å². The van der Waals surface area contributed by atoms with E-state index in [4.69, 9.17) is 0 Å². The molecule has 80 valence electrons. The molecule has 2 aromatic rings. The molecule has 0 aliphatic carbocycles. The van der Waals surface area contributed by atoms with Gasteiger partial charge in [-0.2, -0.15) is 0 Å². The van der Waals surface area contributed by atoms with E-state index in [9.17, 15) is 0 Å². The first-order chi connectivity index (χ1) is 7.04. The highest BCUT2D eigenvalue weighted by atomic mass is 32.1. The number of pyridine rings is 1. The van der Waals surface area contributed by atoms with Gasteiger partial charge >= 0.3 is 0 Å². The minimum atomic E-state index is 0.135. The van der Waals surface area contributed by atoms with E-state index >= 15 is 0 Å². The van der Waals surface area contributed by atoms with Crippen molar-refractivity contribution in [3.05, 3.63) is 23.5 Å². The number of aromatic nitrogens is 2. The second-order valence-electron chi connectivity index (χ2n) is 4.55. The molecule has 1 N–H and O–H groups in total.